The Kier molecular flexibility index (Phi) is 1.20. The Hall–Kier alpha value is -0.570. The molecule has 0 bridgehead atoms. The smallest absolute Gasteiger partial charge is 0.220 e. The maximum absolute atomic E-state index is 10.9. The van der Waals surface area contributed by atoms with Crippen LogP contribution in [0.4, 0.5) is 0 Å². The minimum absolute atomic E-state index is 0.226. The maximum Gasteiger partial charge on any atom is 0.220 e. The van der Waals surface area contributed by atoms with E-state index in [1.54, 1.807) is 0 Å². The molecule has 0 aromatic carbocycles. The average molecular weight is 140 g/mol. The number of nitrogens with one attached hydrogen (secondary N) is 2. The summed E-state index contributed by atoms with van der Waals surface area (Å²) in [5.74, 6) is 0.226. The second-order valence-corrected chi connectivity index (χ2v) is 3.38. The van der Waals surface area contributed by atoms with Gasteiger partial charge in [-0.15, -0.1) is 0 Å². The second-order valence-electron chi connectivity index (χ2n) is 3.38. The van der Waals surface area contributed by atoms with Crippen LogP contribution in [0.1, 0.15) is 12.8 Å². The van der Waals surface area contributed by atoms with Crippen LogP contribution >= 0.6 is 0 Å². The van der Waals surface area contributed by atoms with Gasteiger partial charge in [0.2, 0.25) is 5.91 Å². The highest BCUT2D eigenvalue weighted by molar-refractivity contribution is 5.79. The molecule has 2 heterocycles. The number of carbonyl (C=O) groups excluding carboxylic acids is 1. The Morgan fingerprint density at radius 1 is 1.40 bits per heavy atom. The number of amides is 1. The van der Waals surface area contributed by atoms with Crippen molar-refractivity contribution in [1.82, 2.24) is 10.6 Å². The normalized spacial score (nSPS) is 39.0. The van der Waals surface area contributed by atoms with Crippen molar-refractivity contribution in [2.45, 2.75) is 12.8 Å². The van der Waals surface area contributed by atoms with Gasteiger partial charge in [0.15, 0.2) is 0 Å². The molecular weight excluding hydrogens is 128 g/mol. The van der Waals surface area contributed by atoms with Crippen LogP contribution in [0.25, 0.3) is 0 Å². The molecule has 0 saturated carbocycles. The van der Waals surface area contributed by atoms with Gasteiger partial charge in [0.25, 0.3) is 0 Å². The molecule has 2 N–H and O–H groups in total. The third-order valence-corrected chi connectivity index (χ3v) is 2.53. The summed E-state index contributed by atoms with van der Waals surface area (Å²) in [5.41, 5.74) is 0.289. The van der Waals surface area contributed by atoms with E-state index in [0.29, 0.717) is 0 Å². The zero-order chi connectivity index (χ0) is 7.03. The Morgan fingerprint density at radius 3 is 2.80 bits per heavy atom. The zero-order valence-corrected chi connectivity index (χ0v) is 5.94. The van der Waals surface area contributed by atoms with E-state index in [0.717, 1.165) is 32.5 Å². The van der Waals surface area contributed by atoms with Gasteiger partial charge in [-0.25, -0.2) is 0 Å². The summed E-state index contributed by atoms with van der Waals surface area (Å²) < 4.78 is 0. The lowest BCUT2D eigenvalue weighted by Crippen LogP contribution is -2.26. The van der Waals surface area contributed by atoms with Crippen LogP contribution in [0.5, 0.6) is 0 Å². The van der Waals surface area contributed by atoms with Gasteiger partial charge in [-0.3, -0.25) is 4.79 Å². The first-order chi connectivity index (χ1) is 4.81. The quantitative estimate of drug-likeness (QED) is 0.475. The highest BCUT2D eigenvalue weighted by atomic mass is 16.1. The van der Waals surface area contributed by atoms with E-state index in [2.05, 4.69) is 10.6 Å². The van der Waals surface area contributed by atoms with Crippen molar-refractivity contribution in [3.63, 3.8) is 0 Å². The van der Waals surface area contributed by atoms with Crippen molar-refractivity contribution >= 4 is 5.91 Å². The van der Waals surface area contributed by atoms with Crippen LogP contribution in [0, 0.1) is 5.41 Å². The highest BCUT2D eigenvalue weighted by Crippen LogP contribution is 2.31. The van der Waals surface area contributed by atoms with E-state index < -0.39 is 0 Å². The van der Waals surface area contributed by atoms with Crippen molar-refractivity contribution in [3.05, 3.63) is 0 Å². The van der Waals surface area contributed by atoms with Crippen molar-refractivity contribution in [3.8, 4) is 0 Å². The predicted molar refractivity (Wildman–Crippen MR) is 37.5 cm³/mol. The molecular formula is C7H12N2O. The van der Waals surface area contributed by atoms with Crippen LogP contribution in [0.3, 0.4) is 0 Å². The summed E-state index contributed by atoms with van der Waals surface area (Å²) >= 11 is 0. The van der Waals surface area contributed by atoms with Crippen LogP contribution in [0.15, 0.2) is 0 Å². The molecule has 0 aromatic rings. The van der Waals surface area contributed by atoms with Crippen molar-refractivity contribution in [2.75, 3.05) is 19.6 Å². The fraction of sp³-hybridized carbons (Fsp3) is 0.857. The average Bonchev–Trinajstić information content (AvgIpc) is 2.46. The molecule has 2 aliphatic heterocycles. The van der Waals surface area contributed by atoms with Crippen molar-refractivity contribution in [1.29, 1.82) is 0 Å². The van der Waals surface area contributed by atoms with Gasteiger partial charge in [0.1, 0.15) is 0 Å². The van der Waals surface area contributed by atoms with Crippen LogP contribution < -0.4 is 10.6 Å². The first-order valence-corrected chi connectivity index (χ1v) is 3.78. The molecule has 2 fully saturated rings. The Morgan fingerprint density at radius 2 is 2.30 bits per heavy atom. The summed E-state index contributed by atoms with van der Waals surface area (Å²) in [6, 6.07) is 0. The summed E-state index contributed by atoms with van der Waals surface area (Å²) in [6.07, 6.45) is 1.89. The van der Waals surface area contributed by atoms with Gasteiger partial charge < -0.3 is 10.6 Å². The standard InChI is InChI=1S/C7H12N2O/c10-6-3-7(5-9-6)1-2-8-4-7/h8H,1-5H2,(H,9,10). The van der Waals surface area contributed by atoms with Crippen LogP contribution in [-0.4, -0.2) is 25.5 Å². The first kappa shape index (κ1) is 6.16. The van der Waals surface area contributed by atoms with E-state index in [4.69, 9.17) is 0 Å². The van der Waals surface area contributed by atoms with E-state index in [1.165, 1.54) is 0 Å². The summed E-state index contributed by atoms with van der Waals surface area (Å²) in [6.45, 7) is 2.99. The van der Waals surface area contributed by atoms with Gasteiger partial charge in [-0.1, -0.05) is 0 Å². The molecule has 2 rings (SSSR count). The molecule has 1 unspecified atom stereocenters. The fourth-order valence-corrected chi connectivity index (χ4v) is 1.85. The summed E-state index contributed by atoms with van der Waals surface area (Å²) in [4.78, 5) is 10.9. The predicted octanol–water partition coefficient (Wildman–Crippen LogP) is -0.514. The molecule has 2 aliphatic rings. The molecule has 0 aliphatic carbocycles. The third kappa shape index (κ3) is 0.814. The number of rotatable bonds is 0. The highest BCUT2D eigenvalue weighted by Gasteiger charge is 2.40. The van der Waals surface area contributed by atoms with Gasteiger partial charge in [-0.05, 0) is 13.0 Å². The second kappa shape index (κ2) is 1.95. The molecule has 1 amide bonds. The number of carbonyl (C=O) groups is 1. The Balaban J connectivity index is 2.09. The lowest BCUT2D eigenvalue weighted by atomic mass is 9.86. The minimum Gasteiger partial charge on any atom is -0.355 e. The molecule has 3 nitrogen and oxygen atoms in total. The maximum atomic E-state index is 10.9. The first-order valence-electron chi connectivity index (χ1n) is 3.78. The topological polar surface area (TPSA) is 41.1 Å². The minimum atomic E-state index is 0.226. The summed E-state index contributed by atoms with van der Waals surface area (Å²) in [7, 11) is 0. The summed E-state index contributed by atoms with van der Waals surface area (Å²) in [5, 5.41) is 6.16. The zero-order valence-electron chi connectivity index (χ0n) is 5.94. The molecule has 0 aromatic heterocycles. The van der Waals surface area contributed by atoms with E-state index in [-0.39, 0.29) is 11.3 Å². The SMILES string of the molecule is O=C1CC2(CCNC2)CN1. The van der Waals surface area contributed by atoms with Gasteiger partial charge in [0, 0.05) is 24.9 Å². The Labute approximate surface area is 60.2 Å². The van der Waals surface area contributed by atoms with Crippen LogP contribution in [-0.2, 0) is 4.79 Å². The van der Waals surface area contributed by atoms with E-state index >= 15 is 0 Å². The van der Waals surface area contributed by atoms with Crippen molar-refractivity contribution in [2.24, 2.45) is 5.41 Å². The van der Waals surface area contributed by atoms with E-state index in [9.17, 15) is 4.79 Å². The fourth-order valence-electron chi connectivity index (χ4n) is 1.85. The molecule has 1 atom stereocenters. The number of hydrogen-bond donors (Lipinski definition) is 2. The molecule has 3 heteroatoms. The van der Waals surface area contributed by atoms with Gasteiger partial charge in [-0.2, -0.15) is 0 Å². The van der Waals surface area contributed by atoms with Crippen LogP contribution in [0.2, 0.25) is 0 Å². The molecule has 10 heavy (non-hydrogen) atoms. The third-order valence-electron chi connectivity index (χ3n) is 2.53. The lowest BCUT2D eigenvalue weighted by molar-refractivity contribution is -0.119. The van der Waals surface area contributed by atoms with Gasteiger partial charge >= 0.3 is 0 Å². The Bertz CT molecular complexity index is 161. The molecule has 56 valence electrons. The number of hydrogen-bond acceptors (Lipinski definition) is 2. The monoisotopic (exact) mass is 140 g/mol. The van der Waals surface area contributed by atoms with Gasteiger partial charge in [0.05, 0.1) is 0 Å². The lowest BCUT2D eigenvalue weighted by Gasteiger charge is -2.17. The largest absolute Gasteiger partial charge is 0.355 e. The van der Waals surface area contributed by atoms with Crippen molar-refractivity contribution < 1.29 is 4.79 Å². The molecule has 0 radical (unpaired) electrons. The van der Waals surface area contributed by atoms with E-state index in [1.807, 2.05) is 0 Å². The molecule has 1 spiro atoms. The molecule has 2 saturated heterocycles.